The van der Waals surface area contributed by atoms with Crippen molar-refractivity contribution in [3.05, 3.63) is 42.0 Å². The molecule has 128 valence electrons. The Bertz CT molecular complexity index is 675. The van der Waals surface area contributed by atoms with Gasteiger partial charge in [-0.25, -0.2) is 4.98 Å². The van der Waals surface area contributed by atoms with Crippen LogP contribution in [-0.2, 0) is 6.42 Å². The third-order valence-electron chi connectivity index (χ3n) is 4.44. The normalized spacial score (nSPS) is 15.2. The zero-order valence-electron chi connectivity index (χ0n) is 14.1. The minimum atomic E-state index is -0.309. The Morgan fingerprint density at radius 2 is 2.12 bits per heavy atom. The number of hydrogen-bond acceptors (Lipinski definition) is 4. The van der Waals surface area contributed by atoms with Crippen molar-refractivity contribution in [3.63, 3.8) is 0 Å². The summed E-state index contributed by atoms with van der Waals surface area (Å²) in [7, 11) is 0. The second-order valence-electron chi connectivity index (χ2n) is 6.24. The molecule has 0 bridgehead atoms. The lowest BCUT2D eigenvalue weighted by Crippen LogP contribution is -2.17. The number of carbonyl (C=O) groups is 1. The lowest BCUT2D eigenvalue weighted by atomic mass is 9.90. The van der Waals surface area contributed by atoms with Gasteiger partial charge in [-0.15, -0.1) is 0 Å². The molecule has 0 radical (unpaired) electrons. The predicted octanol–water partition coefficient (Wildman–Crippen LogP) is 4.45. The molecule has 24 heavy (non-hydrogen) atoms. The molecule has 0 unspecified atom stereocenters. The van der Waals surface area contributed by atoms with Crippen LogP contribution in [0, 0.1) is 5.92 Å². The molecule has 0 aliphatic heterocycles. The standard InChI is InChI=1S/C19H24N2O3/c1-2-15-10-11-17(24-15)19(22)21-18-16(9-6-12-20-18)23-13-14-7-4-3-5-8-14/h6,9-12,14H,2-5,7-8,13H2,1H3,(H,20,21,22). The number of furan rings is 1. The van der Waals surface area contributed by atoms with Gasteiger partial charge >= 0.3 is 0 Å². The number of pyridine rings is 1. The maximum absolute atomic E-state index is 12.3. The summed E-state index contributed by atoms with van der Waals surface area (Å²) in [6.07, 6.45) is 8.72. The summed E-state index contributed by atoms with van der Waals surface area (Å²) in [5.74, 6) is 2.41. The lowest BCUT2D eigenvalue weighted by Gasteiger charge is -2.22. The van der Waals surface area contributed by atoms with E-state index in [0.717, 1.165) is 12.2 Å². The van der Waals surface area contributed by atoms with Crippen molar-refractivity contribution in [2.45, 2.75) is 45.4 Å². The van der Waals surface area contributed by atoms with Crippen LogP contribution >= 0.6 is 0 Å². The van der Waals surface area contributed by atoms with E-state index in [0.29, 0.717) is 24.1 Å². The van der Waals surface area contributed by atoms with E-state index >= 15 is 0 Å². The van der Waals surface area contributed by atoms with Crippen molar-refractivity contribution in [2.75, 3.05) is 11.9 Å². The van der Waals surface area contributed by atoms with E-state index in [1.165, 1.54) is 32.1 Å². The lowest BCUT2D eigenvalue weighted by molar-refractivity contribution is 0.0994. The molecular weight excluding hydrogens is 304 g/mol. The number of carbonyl (C=O) groups excluding carboxylic acids is 1. The minimum Gasteiger partial charge on any atom is -0.489 e. The molecule has 2 aromatic rings. The second kappa shape index (κ2) is 7.99. The van der Waals surface area contributed by atoms with Gasteiger partial charge in [0.15, 0.2) is 17.3 Å². The van der Waals surface area contributed by atoms with Crippen LogP contribution < -0.4 is 10.1 Å². The van der Waals surface area contributed by atoms with Crippen molar-refractivity contribution in [2.24, 2.45) is 5.92 Å². The van der Waals surface area contributed by atoms with E-state index in [1.807, 2.05) is 25.1 Å². The van der Waals surface area contributed by atoms with Crippen molar-refractivity contribution < 1.29 is 13.9 Å². The maximum Gasteiger partial charge on any atom is 0.292 e. The quantitative estimate of drug-likeness (QED) is 0.851. The molecule has 1 saturated carbocycles. The molecule has 0 spiro atoms. The summed E-state index contributed by atoms with van der Waals surface area (Å²) in [5, 5.41) is 2.78. The van der Waals surface area contributed by atoms with E-state index in [4.69, 9.17) is 9.15 Å². The molecule has 1 amide bonds. The highest BCUT2D eigenvalue weighted by Crippen LogP contribution is 2.27. The van der Waals surface area contributed by atoms with Crippen LogP contribution in [0.4, 0.5) is 5.82 Å². The monoisotopic (exact) mass is 328 g/mol. The van der Waals surface area contributed by atoms with Crippen LogP contribution in [0.3, 0.4) is 0 Å². The molecule has 0 aromatic carbocycles. The molecule has 2 heterocycles. The molecule has 5 heteroatoms. The Morgan fingerprint density at radius 3 is 2.88 bits per heavy atom. The Kier molecular flexibility index (Phi) is 5.51. The molecule has 5 nitrogen and oxygen atoms in total. The number of rotatable bonds is 6. The second-order valence-corrected chi connectivity index (χ2v) is 6.24. The van der Waals surface area contributed by atoms with Gasteiger partial charge in [0.2, 0.25) is 0 Å². The molecule has 1 fully saturated rings. The first-order valence-corrected chi connectivity index (χ1v) is 8.74. The van der Waals surface area contributed by atoms with E-state index in [2.05, 4.69) is 10.3 Å². The summed E-state index contributed by atoms with van der Waals surface area (Å²) >= 11 is 0. The molecule has 3 rings (SSSR count). The van der Waals surface area contributed by atoms with E-state index in [9.17, 15) is 4.79 Å². The van der Waals surface area contributed by atoms with Crippen LogP contribution in [0.2, 0.25) is 0 Å². The number of ether oxygens (including phenoxy) is 1. The zero-order chi connectivity index (χ0) is 16.8. The molecule has 1 aliphatic carbocycles. The number of anilines is 1. The highest BCUT2D eigenvalue weighted by atomic mass is 16.5. The fraction of sp³-hybridized carbons (Fsp3) is 0.474. The fourth-order valence-corrected chi connectivity index (χ4v) is 3.02. The van der Waals surface area contributed by atoms with Gasteiger partial charge in [0.1, 0.15) is 5.76 Å². The first-order valence-electron chi connectivity index (χ1n) is 8.74. The average molecular weight is 328 g/mol. The van der Waals surface area contributed by atoms with Gasteiger partial charge in [-0.2, -0.15) is 0 Å². The largest absolute Gasteiger partial charge is 0.489 e. The van der Waals surface area contributed by atoms with E-state index < -0.39 is 0 Å². The van der Waals surface area contributed by atoms with Crippen molar-refractivity contribution in [1.82, 2.24) is 4.98 Å². The predicted molar refractivity (Wildman–Crippen MR) is 92.3 cm³/mol. The third-order valence-corrected chi connectivity index (χ3v) is 4.44. The molecular formula is C19H24N2O3. The van der Waals surface area contributed by atoms with Gasteiger partial charge < -0.3 is 14.5 Å². The molecule has 2 aromatic heterocycles. The van der Waals surface area contributed by atoms with Crippen LogP contribution in [0.1, 0.15) is 55.3 Å². The summed E-state index contributed by atoms with van der Waals surface area (Å²) in [6, 6.07) is 7.15. The highest BCUT2D eigenvalue weighted by Gasteiger charge is 2.17. The number of amides is 1. The summed E-state index contributed by atoms with van der Waals surface area (Å²) < 4.78 is 11.4. The van der Waals surface area contributed by atoms with Gasteiger partial charge in [0.05, 0.1) is 6.61 Å². The van der Waals surface area contributed by atoms with Gasteiger partial charge in [0.25, 0.3) is 5.91 Å². The number of nitrogens with zero attached hydrogens (tertiary/aromatic N) is 1. The van der Waals surface area contributed by atoms with Gasteiger partial charge in [-0.1, -0.05) is 26.2 Å². The Hall–Kier alpha value is -2.30. The summed E-state index contributed by atoms with van der Waals surface area (Å²) in [4.78, 5) is 16.5. The molecule has 1 aliphatic rings. The zero-order valence-corrected chi connectivity index (χ0v) is 14.1. The maximum atomic E-state index is 12.3. The number of hydrogen-bond donors (Lipinski definition) is 1. The average Bonchev–Trinajstić information content (AvgIpc) is 3.11. The number of aromatic nitrogens is 1. The molecule has 1 N–H and O–H groups in total. The topological polar surface area (TPSA) is 64.4 Å². The van der Waals surface area contributed by atoms with Crippen LogP contribution in [0.5, 0.6) is 5.75 Å². The summed E-state index contributed by atoms with van der Waals surface area (Å²) in [5.41, 5.74) is 0. The van der Waals surface area contributed by atoms with Gasteiger partial charge in [-0.3, -0.25) is 4.79 Å². The van der Waals surface area contributed by atoms with Crippen molar-refractivity contribution in [1.29, 1.82) is 0 Å². The molecule has 0 saturated heterocycles. The number of aryl methyl sites for hydroxylation is 1. The fourth-order valence-electron chi connectivity index (χ4n) is 3.02. The van der Waals surface area contributed by atoms with Crippen LogP contribution in [0.15, 0.2) is 34.9 Å². The Labute approximate surface area is 142 Å². The Morgan fingerprint density at radius 1 is 1.29 bits per heavy atom. The smallest absolute Gasteiger partial charge is 0.292 e. The Balaban J connectivity index is 1.63. The van der Waals surface area contributed by atoms with Crippen LogP contribution in [0.25, 0.3) is 0 Å². The first-order chi connectivity index (χ1) is 11.8. The SMILES string of the molecule is CCc1ccc(C(=O)Nc2ncccc2OCC2CCCCC2)o1. The summed E-state index contributed by atoms with van der Waals surface area (Å²) in [6.45, 7) is 2.66. The van der Waals surface area contributed by atoms with E-state index in [-0.39, 0.29) is 11.7 Å². The number of nitrogens with one attached hydrogen (secondary N) is 1. The first kappa shape index (κ1) is 16.6. The van der Waals surface area contributed by atoms with Gasteiger partial charge in [-0.05, 0) is 43.0 Å². The van der Waals surface area contributed by atoms with Crippen molar-refractivity contribution in [3.8, 4) is 5.75 Å². The molecule has 0 atom stereocenters. The highest BCUT2D eigenvalue weighted by molar-refractivity contribution is 6.02. The third kappa shape index (κ3) is 4.16. The van der Waals surface area contributed by atoms with Crippen molar-refractivity contribution >= 4 is 11.7 Å². The van der Waals surface area contributed by atoms with E-state index in [1.54, 1.807) is 12.3 Å². The van der Waals surface area contributed by atoms with Gasteiger partial charge in [0, 0.05) is 12.6 Å². The minimum absolute atomic E-state index is 0.288. The van der Waals surface area contributed by atoms with Crippen LogP contribution in [-0.4, -0.2) is 17.5 Å².